The number of fused-ring (bicyclic) bond motifs is 1. The molecule has 0 amide bonds. The summed E-state index contributed by atoms with van der Waals surface area (Å²) < 4.78 is 0. The highest BCUT2D eigenvalue weighted by Gasteiger charge is 2.21. The van der Waals surface area contributed by atoms with Crippen molar-refractivity contribution in [1.82, 2.24) is 0 Å². The smallest absolute Gasteiger partial charge is 0.133 e. The van der Waals surface area contributed by atoms with E-state index in [1.807, 2.05) is 6.92 Å². The van der Waals surface area contributed by atoms with Crippen LogP contribution in [0.5, 0.6) is 0 Å². The number of aryl methyl sites for hydroxylation is 1. The second kappa shape index (κ2) is 4.61. The number of carbonyl (C=O) groups is 1. The molecule has 1 heteroatoms. The number of carbonyl (C=O) groups excluding carboxylic acids is 1. The van der Waals surface area contributed by atoms with E-state index in [-0.39, 0.29) is 0 Å². The fourth-order valence-electron chi connectivity index (χ4n) is 2.49. The van der Waals surface area contributed by atoms with Crippen LogP contribution in [0.2, 0.25) is 0 Å². The van der Waals surface area contributed by atoms with Gasteiger partial charge in [0, 0.05) is 12.8 Å². The Kier molecular flexibility index (Phi) is 3.20. The number of Topliss-reactive ketones (excluding diaryl/α,β-unsaturated/α-hetero) is 1. The van der Waals surface area contributed by atoms with Crippen LogP contribution in [0.25, 0.3) is 0 Å². The summed E-state index contributed by atoms with van der Waals surface area (Å²) in [7, 11) is 0. The van der Waals surface area contributed by atoms with Gasteiger partial charge in [-0.3, -0.25) is 4.79 Å². The fourth-order valence-corrected chi connectivity index (χ4v) is 2.49. The van der Waals surface area contributed by atoms with Gasteiger partial charge in [-0.15, -0.1) is 0 Å². The third kappa shape index (κ3) is 2.28. The minimum absolute atomic E-state index is 0.400. The van der Waals surface area contributed by atoms with E-state index in [1.165, 1.54) is 30.4 Å². The van der Waals surface area contributed by atoms with Crippen LogP contribution in [0.4, 0.5) is 0 Å². The molecular weight excluding hydrogens is 184 g/mol. The Balaban J connectivity index is 2.18. The SMILES string of the molecule is CCC(=O)CC1CCCc2ccccc21. The van der Waals surface area contributed by atoms with E-state index in [1.54, 1.807) is 0 Å². The van der Waals surface area contributed by atoms with Crippen LogP contribution in [0, 0.1) is 0 Å². The Hall–Kier alpha value is -1.11. The summed E-state index contributed by atoms with van der Waals surface area (Å²) in [6, 6.07) is 8.59. The molecule has 1 aromatic carbocycles. The van der Waals surface area contributed by atoms with Crippen molar-refractivity contribution >= 4 is 5.78 Å². The molecule has 0 aromatic heterocycles. The fraction of sp³-hybridized carbons (Fsp3) is 0.500. The van der Waals surface area contributed by atoms with Gasteiger partial charge in [-0.05, 0) is 36.3 Å². The number of hydrogen-bond donors (Lipinski definition) is 0. The number of hydrogen-bond acceptors (Lipinski definition) is 1. The molecule has 0 saturated carbocycles. The second-order valence-electron chi connectivity index (χ2n) is 4.38. The lowest BCUT2D eigenvalue weighted by molar-refractivity contribution is -0.119. The lowest BCUT2D eigenvalue weighted by Gasteiger charge is -2.24. The molecule has 1 aliphatic rings. The first-order chi connectivity index (χ1) is 7.31. The summed E-state index contributed by atoms with van der Waals surface area (Å²) in [6.07, 6.45) is 5.03. The average molecular weight is 202 g/mol. The van der Waals surface area contributed by atoms with Gasteiger partial charge < -0.3 is 0 Å². The van der Waals surface area contributed by atoms with Gasteiger partial charge >= 0.3 is 0 Å². The molecule has 0 spiro atoms. The maximum absolute atomic E-state index is 11.5. The Morgan fingerprint density at radius 2 is 2.20 bits per heavy atom. The predicted molar refractivity (Wildman–Crippen MR) is 62.0 cm³/mol. The van der Waals surface area contributed by atoms with Crippen LogP contribution in [-0.2, 0) is 11.2 Å². The van der Waals surface area contributed by atoms with Gasteiger partial charge in [0.25, 0.3) is 0 Å². The van der Waals surface area contributed by atoms with E-state index in [9.17, 15) is 4.79 Å². The van der Waals surface area contributed by atoms with Crippen LogP contribution >= 0.6 is 0 Å². The second-order valence-corrected chi connectivity index (χ2v) is 4.38. The van der Waals surface area contributed by atoms with Gasteiger partial charge in [0.05, 0.1) is 0 Å². The van der Waals surface area contributed by atoms with Crippen molar-refractivity contribution in [2.45, 2.75) is 44.9 Å². The molecule has 0 radical (unpaired) electrons. The molecule has 15 heavy (non-hydrogen) atoms. The van der Waals surface area contributed by atoms with Crippen molar-refractivity contribution in [3.8, 4) is 0 Å². The molecule has 0 N–H and O–H groups in total. The molecular formula is C14H18O. The van der Waals surface area contributed by atoms with Gasteiger partial charge in [-0.2, -0.15) is 0 Å². The Bertz CT molecular complexity index is 354. The molecule has 0 aliphatic heterocycles. The first kappa shape index (κ1) is 10.4. The third-order valence-electron chi connectivity index (χ3n) is 3.36. The summed E-state index contributed by atoms with van der Waals surface area (Å²) in [5, 5.41) is 0. The van der Waals surface area contributed by atoms with Crippen LogP contribution in [0.15, 0.2) is 24.3 Å². The first-order valence-corrected chi connectivity index (χ1v) is 5.90. The third-order valence-corrected chi connectivity index (χ3v) is 3.36. The average Bonchev–Trinajstić information content (AvgIpc) is 2.29. The lowest BCUT2D eigenvalue weighted by atomic mass is 9.80. The standard InChI is InChI=1S/C14H18O/c1-2-13(15)10-12-8-5-7-11-6-3-4-9-14(11)12/h3-4,6,9,12H,2,5,7-8,10H2,1H3. The van der Waals surface area contributed by atoms with E-state index in [0.717, 1.165) is 6.42 Å². The van der Waals surface area contributed by atoms with Gasteiger partial charge in [0.15, 0.2) is 0 Å². The Labute approximate surface area is 91.5 Å². The van der Waals surface area contributed by atoms with E-state index < -0.39 is 0 Å². The maximum atomic E-state index is 11.5. The maximum Gasteiger partial charge on any atom is 0.133 e. The summed E-state index contributed by atoms with van der Waals surface area (Å²) in [5.41, 5.74) is 2.88. The molecule has 1 unspecified atom stereocenters. The largest absolute Gasteiger partial charge is 0.300 e. The molecule has 2 rings (SSSR count). The zero-order chi connectivity index (χ0) is 10.7. The lowest BCUT2D eigenvalue weighted by Crippen LogP contribution is -2.13. The first-order valence-electron chi connectivity index (χ1n) is 5.90. The normalized spacial score (nSPS) is 19.7. The van der Waals surface area contributed by atoms with Crippen molar-refractivity contribution in [3.63, 3.8) is 0 Å². The van der Waals surface area contributed by atoms with Crippen molar-refractivity contribution in [2.75, 3.05) is 0 Å². The van der Waals surface area contributed by atoms with Crippen LogP contribution in [-0.4, -0.2) is 5.78 Å². The van der Waals surface area contributed by atoms with Gasteiger partial charge in [-0.1, -0.05) is 31.2 Å². The highest BCUT2D eigenvalue weighted by atomic mass is 16.1. The van der Waals surface area contributed by atoms with E-state index in [4.69, 9.17) is 0 Å². The molecule has 0 saturated heterocycles. The van der Waals surface area contributed by atoms with E-state index in [2.05, 4.69) is 24.3 Å². The highest BCUT2D eigenvalue weighted by molar-refractivity contribution is 5.79. The molecule has 0 bridgehead atoms. The highest BCUT2D eigenvalue weighted by Crippen LogP contribution is 2.33. The zero-order valence-electron chi connectivity index (χ0n) is 9.33. The molecule has 1 aliphatic carbocycles. The summed E-state index contributed by atoms with van der Waals surface area (Å²) in [4.78, 5) is 11.5. The molecule has 80 valence electrons. The number of rotatable bonds is 3. The molecule has 1 aromatic rings. The van der Waals surface area contributed by atoms with Crippen LogP contribution in [0.1, 0.15) is 49.7 Å². The minimum Gasteiger partial charge on any atom is -0.300 e. The van der Waals surface area contributed by atoms with Crippen molar-refractivity contribution in [2.24, 2.45) is 0 Å². The monoisotopic (exact) mass is 202 g/mol. The molecule has 0 heterocycles. The van der Waals surface area contributed by atoms with Crippen molar-refractivity contribution in [3.05, 3.63) is 35.4 Å². The quantitative estimate of drug-likeness (QED) is 0.733. The Morgan fingerprint density at radius 1 is 1.40 bits per heavy atom. The predicted octanol–water partition coefficient (Wildman–Crippen LogP) is 3.48. The van der Waals surface area contributed by atoms with Gasteiger partial charge in [-0.25, -0.2) is 0 Å². The zero-order valence-corrected chi connectivity index (χ0v) is 9.33. The summed E-state index contributed by atoms with van der Waals surface area (Å²) >= 11 is 0. The Morgan fingerprint density at radius 3 is 3.00 bits per heavy atom. The number of benzene rings is 1. The molecule has 0 fully saturated rings. The van der Waals surface area contributed by atoms with E-state index >= 15 is 0 Å². The van der Waals surface area contributed by atoms with Crippen LogP contribution in [0.3, 0.4) is 0 Å². The van der Waals surface area contributed by atoms with Gasteiger partial charge in [0.2, 0.25) is 0 Å². The number of ketones is 1. The van der Waals surface area contributed by atoms with E-state index in [0.29, 0.717) is 18.1 Å². The van der Waals surface area contributed by atoms with Crippen molar-refractivity contribution < 1.29 is 4.79 Å². The summed E-state index contributed by atoms with van der Waals surface area (Å²) in [6.45, 7) is 1.96. The topological polar surface area (TPSA) is 17.1 Å². The minimum atomic E-state index is 0.400. The van der Waals surface area contributed by atoms with Crippen molar-refractivity contribution in [1.29, 1.82) is 0 Å². The summed E-state index contributed by atoms with van der Waals surface area (Å²) in [5.74, 6) is 0.888. The van der Waals surface area contributed by atoms with Gasteiger partial charge in [0.1, 0.15) is 5.78 Å². The molecule has 1 atom stereocenters. The molecule has 1 nitrogen and oxygen atoms in total. The van der Waals surface area contributed by atoms with Crippen LogP contribution < -0.4 is 0 Å².